The van der Waals surface area contributed by atoms with E-state index in [9.17, 15) is 9.59 Å². The second kappa shape index (κ2) is 8.86. The zero-order valence-electron chi connectivity index (χ0n) is 23.4. The van der Waals surface area contributed by atoms with Crippen LogP contribution in [-0.4, -0.2) is 11.6 Å². The van der Waals surface area contributed by atoms with Gasteiger partial charge in [-0.3, -0.25) is 9.59 Å². The number of rotatable bonds is 2. The standard InChI is InChI=1S/C39H27NO2/c1-39(2)32-15-7-8-16-35(32)40(34-17-9-13-25-10-5-6-14-28(25)34)36-19-18-24(21-33(36)39)20-31-37(41)29-22-26-11-3-4-12-27(26)23-30(29)38(31)42/h3-23H,1-2H3. The largest absolute Gasteiger partial charge is 0.309 e. The zero-order valence-corrected chi connectivity index (χ0v) is 23.4. The molecule has 0 bridgehead atoms. The van der Waals surface area contributed by atoms with Gasteiger partial charge in [-0.25, -0.2) is 0 Å². The van der Waals surface area contributed by atoms with Crippen molar-refractivity contribution in [1.82, 2.24) is 0 Å². The van der Waals surface area contributed by atoms with Gasteiger partial charge in [0, 0.05) is 21.9 Å². The lowest BCUT2D eigenvalue weighted by molar-refractivity contribution is 0.0990. The topological polar surface area (TPSA) is 37.4 Å². The van der Waals surface area contributed by atoms with Gasteiger partial charge in [-0.05, 0) is 75.3 Å². The van der Waals surface area contributed by atoms with Crippen LogP contribution in [0.1, 0.15) is 51.3 Å². The van der Waals surface area contributed by atoms with Crippen LogP contribution in [0, 0.1) is 0 Å². The van der Waals surface area contributed by atoms with E-state index in [1.807, 2.05) is 42.5 Å². The van der Waals surface area contributed by atoms with Crippen molar-refractivity contribution in [3.63, 3.8) is 0 Å². The smallest absolute Gasteiger partial charge is 0.197 e. The third-order valence-electron chi connectivity index (χ3n) is 8.94. The molecule has 0 radical (unpaired) electrons. The fraction of sp³-hybridized carbons (Fsp3) is 0.0769. The predicted molar refractivity (Wildman–Crippen MR) is 171 cm³/mol. The van der Waals surface area contributed by atoms with Gasteiger partial charge >= 0.3 is 0 Å². The minimum absolute atomic E-state index is 0.208. The van der Waals surface area contributed by atoms with Gasteiger partial charge in [0.25, 0.3) is 0 Å². The molecule has 6 aromatic carbocycles. The fourth-order valence-corrected chi connectivity index (χ4v) is 6.78. The highest BCUT2D eigenvalue weighted by Crippen LogP contribution is 2.53. The monoisotopic (exact) mass is 541 g/mol. The maximum Gasteiger partial charge on any atom is 0.197 e. The first-order valence-electron chi connectivity index (χ1n) is 14.3. The third-order valence-corrected chi connectivity index (χ3v) is 8.94. The van der Waals surface area contributed by atoms with Crippen LogP contribution in [-0.2, 0) is 5.41 Å². The van der Waals surface area contributed by atoms with Crippen molar-refractivity contribution in [3.05, 3.63) is 155 Å². The molecule has 3 nitrogen and oxygen atoms in total. The summed E-state index contributed by atoms with van der Waals surface area (Å²) in [6.45, 7) is 4.49. The molecule has 200 valence electrons. The fourth-order valence-electron chi connectivity index (χ4n) is 6.78. The van der Waals surface area contributed by atoms with Crippen LogP contribution in [0.15, 0.2) is 127 Å². The lowest BCUT2D eigenvalue weighted by Gasteiger charge is -2.42. The molecule has 0 spiro atoms. The number of benzene rings is 6. The number of hydrogen-bond donors (Lipinski definition) is 0. The van der Waals surface area contributed by atoms with Gasteiger partial charge in [0.1, 0.15) is 0 Å². The average molecular weight is 542 g/mol. The Morgan fingerprint density at radius 3 is 1.86 bits per heavy atom. The second-order valence-electron chi connectivity index (χ2n) is 11.7. The van der Waals surface area contributed by atoms with E-state index in [0.29, 0.717) is 11.1 Å². The van der Waals surface area contributed by atoms with E-state index in [1.165, 1.54) is 16.3 Å². The summed E-state index contributed by atoms with van der Waals surface area (Å²) in [6, 6.07) is 41.3. The number of Topliss-reactive ketones (excluding diaryl/α,β-unsaturated/α-hetero) is 2. The molecule has 0 unspecified atom stereocenters. The summed E-state index contributed by atoms with van der Waals surface area (Å²) < 4.78 is 0. The molecule has 3 heteroatoms. The first kappa shape index (κ1) is 24.5. The molecule has 0 aromatic heterocycles. The number of allylic oxidation sites excluding steroid dienone is 1. The van der Waals surface area contributed by atoms with Crippen LogP contribution >= 0.6 is 0 Å². The summed E-state index contributed by atoms with van der Waals surface area (Å²) in [7, 11) is 0. The van der Waals surface area contributed by atoms with Crippen molar-refractivity contribution < 1.29 is 9.59 Å². The Morgan fingerprint density at radius 1 is 0.548 bits per heavy atom. The van der Waals surface area contributed by atoms with Crippen LogP contribution < -0.4 is 4.90 Å². The van der Waals surface area contributed by atoms with Gasteiger partial charge in [0.2, 0.25) is 0 Å². The Hall–Kier alpha value is -5.28. The Kier molecular flexibility index (Phi) is 5.17. The minimum Gasteiger partial charge on any atom is -0.309 e. The van der Waals surface area contributed by atoms with Crippen molar-refractivity contribution >= 4 is 56.2 Å². The summed E-state index contributed by atoms with van der Waals surface area (Å²) in [5.74, 6) is -0.416. The molecule has 1 heterocycles. The molecule has 8 rings (SSSR count). The van der Waals surface area contributed by atoms with Crippen molar-refractivity contribution in [2.75, 3.05) is 4.90 Å². The van der Waals surface area contributed by atoms with Crippen LogP contribution in [0.3, 0.4) is 0 Å². The molecule has 0 N–H and O–H groups in total. The summed E-state index contributed by atoms with van der Waals surface area (Å²) in [4.78, 5) is 29.3. The van der Waals surface area contributed by atoms with Crippen LogP contribution in [0.2, 0.25) is 0 Å². The van der Waals surface area contributed by atoms with E-state index in [-0.39, 0.29) is 22.6 Å². The lowest BCUT2D eigenvalue weighted by Crippen LogP contribution is -2.30. The number of hydrogen-bond acceptors (Lipinski definition) is 3. The van der Waals surface area contributed by atoms with Crippen LogP contribution in [0.5, 0.6) is 0 Å². The van der Waals surface area contributed by atoms with E-state index in [4.69, 9.17) is 0 Å². The van der Waals surface area contributed by atoms with Crippen molar-refractivity contribution in [3.8, 4) is 0 Å². The number of nitrogens with zero attached hydrogens (tertiary/aromatic N) is 1. The van der Waals surface area contributed by atoms with Gasteiger partial charge in [0.05, 0.1) is 22.6 Å². The summed E-state index contributed by atoms with van der Waals surface area (Å²) >= 11 is 0. The summed E-state index contributed by atoms with van der Waals surface area (Å²) in [6.07, 6.45) is 1.77. The first-order chi connectivity index (χ1) is 20.4. The van der Waals surface area contributed by atoms with Gasteiger partial charge < -0.3 is 4.90 Å². The number of para-hydroxylation sites is 1. The quantitative estimate of drug-likeness (QED) is 0.162. The highest BCUT2D eigenvalue weighted by Gasteiger charge is 2.38. The number of ketones is 2. The average Bonchev–Trinajstić information content (AvgIpc) is 3.24. The molecule has 0 atom stereocenters. The molecule has 6 aromatic rings. The molecule has 42 heavy (non-hydrogen) atoms. The molecule has 1 aliphatic heterocycles. The number of carbonyl (C=O) groups is 2. The molecule has 0 fully saturated rings. The predicted octanol–water partition coefficient (Wildman–Crippen LogP) is 9.56. The van der Waals surface area contributed by atoms with Gasteiger partial charge in [-0.2, -0.15) is 0 Å². The maximum absolute atomic E-state index is 13.5. The summed E-state index contributed by atoms with van der Waals surface area (Å²) in [5.41, 5.74) is 7.47. The molecular formula is C39H27NO2. The second-order valence-corrected chi connectivity index (χ2v) is 11.7. The SMILES string of the molecule is CC1(C)c2ccccc2N(c2cccc3ccccc23)c2ccc(C=C3C(=O)c4cc5ccccc5cc4C3=O)cc21. The summed E-state index contributed by atoms with van der Waals surface area (Å²) in [5, 5.41) is 4.28. The minimum atomic E-state index is -0.300. The molecular weight excluding hydrogens is 514 g/mol. The maximum atomic E-state index is 13.5. The lowest BCUT2D eigenvalue weighted by atomic mass is 9.73. The van der Waals surface area contributed by atoms with Gasteiger partial charge in [-0.15, -0.1) is 0 Å². The van der Waals surface area contributed by atoms with E-state index < -0.39 is 0 Å². The van der Waals surface area contributed by atoms with Gasteiger partial charge in [0.15, 0.2) is 11.6 Å². The zero-order chi connectivity index (χ0) is 28.6. The van der Waals surface area contributed by atoms with Gasteiger partial charge in [-0.1, -0.05) is 98.8 Å². The van der Waals surface area contributed by atoms with E-state index in [1.54, 1.807) is 6.08 Å². The van der Waals surface area contributed by atoms with Crippen LogP contribution in [0.4, 0.5) is 17.1 Å². The van der Waals surface area contributed by atoms with E-state index >= 15 is 0 Å². The van der Waals surface area contributed by atoms with E-state index in [0.717, 1.165) is 39.0 Å². The Bertz CT molecular complexity index is 2110. The highest BCUT2D eigenvalue weighted by molar-refractivity contribution is 6.42. The highest BCUT2D eigenvalue weighted by atomic mass is 16.2. The van der Waals surface area contributed by atoms with E-state index in [2.05, 4.69) is 97.6 Å². The Balaban J connectivity index is 1.29. The molecule has 0 amide bonds. The normalized spacial score (nSPS) is 15.1. The van der Waals surface area contributed by atoms with Crippen molar-refractivity contribution in [2.45, 2.75) is 19.3 Å². The van der Waals surface area contributed by atoms with Crippen molar-refractivity contribution in [1.29, 1.82) is 0 Å². The Morgan fingerprint density at radius 2 is 1.12 bits per heavy atom. The molecule has 1 aliphatic carbocycles. The number of anilines is 3. The first-order valence-corrected chi connectivity index (χ1v) is 14.3. The molecule has 2 aliphatic rings. The number of carbonyl (C=O) groups excluding carboxylic acids is 2. The number of fused-ring (bicyclic) bond motifs is 5. The van der Waals surface area contributed by atoms with Crippen LogP contribution in [0.25, 0.3) is 27.6 Å². The molecule has 0 saturated carbocycles. The van der Waals surface area contributed by atoms with Crippen molar-refractivity contribution in [2.24, 2.45) is 0 Å². The molecule has 0 saturated heterocycles. The third kappa shape index (κ3) is 3.47. The Labute approximate surface area is 244 Å².